The van der Waals surface area contributed by atoms with E-state index in [2.05, 4.69) is 5.32 Å². The summed E-state index contributed by atoms with van der Waals surface area (Å²) in [5.74, 6) is 1.13. The van der Waals surface area contributed by atoms with E-state index < -0.39 is 0 Å². The van der Waals surface area contributed by atoms with Crippen molar-refractivity contribution in [1.82, 2.24) is 0 Å². The van der Waals surface area contributed by atoms with Crippen LogP contribution in [0.1, 0.15) is 11.1 Å². The zero-order chi connectivity index (χ0) is 15.1. The third-order valence-corrected chi connectivity index (χ3v) is 4.09. The second-order valence-electron chi connectivity index (χ2n) is 4.52. The Morgan fingerprint density at radius 2 is 1.67 bits per heavy atom. The molecule has 0 fully saturated rings. The summed E-state index contributed by atoms with van der Waals surface area (Å²) in [5.41, 5.74) is 2.71. The van der Waals surface area contributed by atoms with E-state index in [4.69, 9.17) is 16.7 Å². The van der Waals surface area contributed by atoms with E-state index in [1.807, 2.05) is 24.3 Å². The van der Waals surface area contributed by atoms with Gasteiger partial charge in [-0.3, -0.25) is 4.79 Å². The second-order valence-corrected chi connectivity index (χ2v) is 5.94. The monoisotopic (exact) mass is 321 g/mol. The highest BCUT2D eigenvalue weighted by molar-refractivity contribution is 7.99. The van der Waals surface area contributed by atoms with Crippen molar-refractivity contribution < 1.29 is 9.90 Å². The Kier molecular flexibility index (Phi) is 6.11. The molecule has 2 N–H and O–H groups in total. The first-order chi connectivity index (χ1) is 10.2. The molecule has 5 heteroatoms. The fourth-order valence-electron chi connectivity index (χ4n) is 1.73. The van der Waals surface area contributed by atoms with Gasteiger partial charge in [0.25, 0.3) is 0 Å². The van der Waals surface area contributed by atoms with Gasteiger partial charge >= 0.3 is 0 Å². The van der Waals surface area contributed by atoms with Gasteiger partial charge in [0.1, 0.15) is 0 Å². The Morgan fingerprint density at radius 1 is 1.05 bits per heavy atom. The molecule has 2 rings (SSSR count). The molecule has 0 aliphatic rings. The average molecular weight is 322 g/mol. The van der Waals surface area contributed by atoms with Crippen LogP contribution in [-0.2, 0) is 17.2 Å². The Morgan fingerprint density at radius 3 is 2.29 bits per heavy atom. The molecule has 0 aliphatic heterocycles. The van der Waals surface area contributed by atoms with Crippen LogP contribution < -0.4 is 5.32 Å². The summed E-state index contributed by atoms with van der Waals surface area (Å²) in [4.78, 5) is 11.8. The third-order valence-electron chi connectivity index (χ3n) is 2.84. The molecular weight excluding hydrogens is 306 g/mol. The van der Waals surface area contributed by atoms with Crippen molar-refractivity contribution in [3.63, 3.8) is 0 Å². The van der Waals surface area contributed by atoms with Gasteiger partial charge in [0.15, 0.2) is 0 Å². The second kappa shape index (κ2) is 8.08. The number of halogens is 1. The number of aliphatic hydroxyl groups excluding tert-OH is 1. The predicted molar refractivity (Wildman–Crippen MR) is 88.6 cm³/mol. The van der Waals surface area contributed by atoms with Gasteiger partial charge in [0.05, 0.1) is 12.4 Å². The number of nitrogens with one attached hydrogen (secondary N) is 1. The molecule has 0 saturated carbocycles. The van der Waals surface area contributed by atoms with Crippen molar-refractivity contribution in [2.75, 3.05) is 11.1 Å². The highest BCUT2D eigenvalue weighted by atomic mass is 35.5. The molecule has 0 bridgehead atoms. The van der Waals surface area contributed by atoms with Gasteiger partial charge in [-0.15, -0.1) is 11.8 Å². The van der Waals surface area contributed by atoms with Gasteiger partial charge in [-0.05, 0) is 35.4 Å². The lowest BCUT2D eigenvalue weighted by Gasteiger charge is -2.06. The number of thioether (sulfide) groups is 1. The minimum absolute atomic E-state index is 0.00513. The Balaban J connectivity index is 1.75. The van der Waals surface area contributed by atoms with Gasteiger partial charge < -0.3 is 10.4 Å². The van der Waals surface area contributed by atoms with E-state index in [0.29, 0.717) is 10.8 Å². The molecule has 0 unspecified atom stereocenters. The van der Waals surface area contributed by atoms with E-state index in [1.165, 1.54) is 0 Å². The number of benzene rings is 2. The summed E-state index contributed by atoms with van der Waals surface area (Å²) < 4.78 is 0. The molecule has 0 atom stereocenters. The van der Waals surface area contributed by atoms with Crippen LogP contribution in [0.15, 0.2) is 48.5 Å². The quantitative estimate of drug-likeness (QED) is 0.853. The van der Waals surface area contributed by atoms with Crippen molar-refractivity contribution in [3.8, 4) is 0 Å². The van der Waals surface area contributed by atoms with Crippen molar-refractivity contribution in [3.05, 3.63) is 64.7 Å². The van der Waals surface area contributed by atoms with E-state index in [1.54, 1.807) is 36.0 Å². The normalized spacial score (nSPS) is 10.4. The standard InChI is InChI=1S/C16H16ClNO2S/c17-14-5-1-13(2-6-14)10-21-11-16(20)18-15-7-3-12(9-19)4-8-15/h1-8,19H,9-11H2,(H,18,20). The van der Waals surface area contributed by atoms with Crippen molar-refractivity contribution in [2.24, 2.45) is 0 Å². The first-order valence-corrected chi connectivity index (χ1v) is 8.02. The molecular formula is C16H16ClNO2S. The van der Waals surface area contributed by atoms with E-state index in [9.17, 15) is 4.79 Å². The van der Waals surface area contributed by atoms with E-state index >= 15 is 0 Å². The topological polar surface area (TPSA) is 49.3 Å². The van der Waals surface area contributed by atoms with Gasteiger partial charge in [-0.25, -0.2) is 0 Å². The number of rotatable bonds is 6. The number of amides is 1. The molecule has 2 aromatic carbocycles. The lowest BCUT2D eigenvalue weighted by atomic mass is 10.2. The maximum atomic E-state index is 11.8. The van der Waals surface area contributed by atoms with Crippen LogP contribution in [0.3, 0.4) is 0 Å². The SMILES string of the molecule is O=C(CSCc1ccc(Cl)cc1)Nc1ccc(CO)cc1. The molecule has 0 radical (unpaired) electrons. The molecule has 21 heavy (non-hydrogen) atoms. The number of aliphatic hydroxyl groups is 1. The van der Waals surface area contributed by atoms with Crippen molar-refractivity contribution in [1.29, 1.82) is 0 Å². The zero-order valence-corrected chi connectivity index (χ0v) is 13.0. The molecule has 0 aromatic heterocycles. The summed E-state index contributed by atoms with van der Waals surface area (Å²) in [6, 6.07) is 14.8. The van der Waals surface area contributed by atoms with E-state index in [0.717, 1.165) is 22.6 Å². The first kappa shape index (κ1) is 15.9. The predicted octanol–water partition coefficient (Wildman–Crippen LogP) is 3.70. The molecule has 1 amide bonds. The smallest absolute Gasteiger partial charge is 0.234 e. The number of hydrogen-bond donors (Lipinski definition) is 2. The highest BCUT2D eigenvalue weighted by Crippen LogP contribution is 2.16. The van der Waals surface area contributed by atoms with Crippen molar-refractivity contribution >= 4 is 35.0 Å². The maximum absolute atomic E-state index is 11.8. The summed E-state index contributed by atoms with van der Waals surface area (Å²) >= 11 is 7.37. The van der Waals surface area contributed by atoms with Crippen LogP contribution in [-0.4, -0.2) is 16.8 Å². The van der Waals surface area contributed by atoms with Crippen LogP contribution >= 0.6 is 23.4 Å². The fourth-order valence-corrected chi connectivity index (χ4v) is 2.65. The zero-order valence-electron chi connectivity index (χ0n) is 11.4. The summed E-state index contributed by atoms with van der Waals surface area (Å²) in [7, 11) is 0. The fraction of sp³-hybridized carbons (Fsp3) is 0.188. The van der Waals surface area contributed by atoms with Crippen LogP contribution in [0.4, 0.5) is 5.69 Å². The van der Waals surface area contributed by atoms with Gasteiger partial charge in [0, 0.05) is 16.5 Å². The molecule has 110 valence electrons. The van der Waals surface area contributed by atoms with E-state index in [-0.39, 0.29) is 12.5 Å². The number of carbonyl (C=O) groups is 1. The Bertz CT molecular complexity index is 584. The Labute approximate surface area is 133 Å². The average Bonchev–Trinajstić information content (AvgIpc) is 2.50. The van der Waals surface area contributed by atoms with Crippen LogP contribution in [0, 0.1) is 0 Å². The number of anilines is 1. The van der Waals surface area contributed by atoms with Crippen LogP contribution in [0.5, 0.6) is 0 Å². The minimum atomic E-state index is -0.0364. The Hall–Kier alpha value is -1.49. The third kappa shape index (κ3) is 5.42. The highest BCUT2D eigenvalue weighted by Gasteiger charge is 2.03. The lowest BCUT2D eigenvalue weighted by molar-refractivity contribution is -0.113. The minimum Gasteiger partial charge on any atom is -0.392 e. The number of hydrogen-bond acceptors (Lipinski definition) is 3. The molecule has 3 nitrogen and oxygen atoms in total. The molecule has 0 spiro atoms. The molecule has 2 aromatic rings. The van der Waals surface area contributed by atoms with Crippen LogP contribution in [0.25, 0.3) is 0 Å². The molecule has 0 saturated heterocycles. The first-order valence-electron chi connectivity index (χ1n) is 6.49. The lowest BCUT2D eigenvalue weighted by Crippen LogP contribution is -2.14. The largest absolute Gasteiger partial charge is 0.392 e. The van der Waals surface area contributed by atoms with Gasteiger partial charge in [0.2, 0.25) is 5.91 Å². The maximum Gasteiger partial charge on any atom is 0.234 e. The summed E-state index contributed by atoms with van der Waals surface area (Å²) in [5, 5.41) is 12.5. The summed E-state index contributed by atoms with van der Waals surface area (Å²) in [6.45, 7) is 0.00513. The van der Waals surface area contributed by atoms with Gasteiger partial charge in [-0.1, -0.05) is 35.9 Å². The molecule has 0 heterocycles. The van der Waals surface area contributed by atoms with Crippen molar-refractivity contribution in [2.45, 2.75) is 12.4 Å². The number of carbonyl (C=O) groups excluding carboxylic acids is 1. The molecule has 0 aliphatic carbocycles. The summed E-state index contributed by atoms with van der Waals surface area (Å²) in [6.07, 6.45) is 0. The van der Waals surface area contributed by atoms with Gasteiger partial charge in [-0.2, -0.15) is 0 Å². The van der Waals surface area contributed by atoms with Crippen LogP contribution in [0.2, 0.25) is 5.02 Å².